The molecule has 0 spiro atoms. The van der Waals surface area contributed by atoms with Gasteiger partial charge < -0.3 is 0 Å². The normalized spacial score (nSPS) is 8.60. The number of rotatable bonds is 1. The molecule has 0 amide bonds. The van der Waals surface area contributed by atoms with Crippen LogP contribution in [0.25, 0.3) is 0 Å². The van der Waals surface area contributed by atoms with Crippen molar-refractivity contribution in [2.45, 2.75) is 61.3 Å². The first-order valence-electron chi connectivity index (χ1n) is 6.18. The molecule has 0 saturated carbocycles. The summed E-state index contributed by atoms with van der Waals surface area (Å²) in [5.41, 5.74) is 4.25. The minimum atomic E-state index is 0.648. The van der Waals surface area contributed by atoms with Crippen LogP contribution in [0.15, 0.2) is 18.2 Å². The fraction of sp³-hybridized carbons (Fsp3) is 0.600. The minimum absolute atomic E-state index is 0.648. The maximum atomic E-state index is 2.28. The van der Waals surface area contributed by atoms with E-state index in [1.165, 1.54) is 16.7 Å². The van der Waals surface area contributed by atoms with Gasteiger partial charge in [-0.15, -0.1) is 0 Å². The molecule has 0 aliphatic heterocycles. The van der Waals surface area contributed by atoms with Crippen LogP contribution in [0.5, 0.6) is 0 Å². The predicted octanol–water partition coefficient (Wildman–Crippen LogP) is 5.48. The molecule has 0 aliphatic carbocycles. The lowest BCUT2D eigenvalue weighted by Crippen LogP contribution is -1.91. The summed E-state index contributed by atoms with van der Waals surface area (Å²) in [6.45, 7) is 16.8. The van der Waals surface area contributed by atoms with Crippen LogP contribution in [0, 0.1) is 13.8 Å². The largest absolute Gasteiger partial charge is 0.0683 e. The fourth-order valence-electron chi connectivity index (χ4n) is 1.38. The minimum Gasteiger partial charge on any atom is -0.0683 e. The standard InChI is InChI=1S/C11H16.2C2H6/c1-8(2)11-7-9(3)5-6-10(11)4;2*1-2/h5-8H,1-4H3;2*1-2H3. The van der Waals surface area contributed by atoms with Crippen molar-refractivity contribution in [3.8, 4) is 0 Å². The molecular weight excluding hydrogens is 180 g/mol. The van der Waals surface area contributed by atoms with Crippen molar-refractivity contribution in [1.29, 1.82) is 0 Å². The zero-order valence-electron chi connectivity index (χ0n) is 11.8. The molecular formula is C15H28. The zero-order valence-corrected chi connectivity index (χ0v) is 11.8. The average molecular weight is 208 g/mol. The quantitative estimate of drug-likeness (QED) is 0.573. The van der Waals surface area contributed by atoms with Gasteiger partial charge in [-0.05, 0) is 30.9 Å². The lowest BCUT2D eigenvalue weighted by molar-refractivity contribution is 0.854. The van der Waals surface area contributed by atoms with Gasteiger partial charge in [0.25, 0.3) is 0 Å². The molecule has 0 heteroatoms. The van der Waals surface area contributed by atoms with Crippen LogP contribution in [0.1, 0.15) is 64.2 Å². The van der Waals surface area contributed by atoms with Crippen LogP contribution in [-0.4, -0.2) is 0 Å². The maximum absolute atomic E-state index is 2.28. The predicted molar refractivity (Wildman–Crippen MR) is 72.7 cm³/mol. The molecule has 1 aromatic carbocycles. The summed E-state index contributed by atoms with van der Waals surface area (Å²) >= 11 is 0. The monoisotopic (exact) mass is 208 g/mol. The van der Waals surface area contributed by atoms with Gasteiger partial charge in [0.2, 0.25) is 0 Å². The lowest BCUT2D eigenvalue weighted by Gasteiger charge is -2.09. The van der Waals surface area contributed by atoms with E-state index in [9.17, 15) is 0 Å². The molecule has 0 bridgehead atoms. The van der Waals surface area contributed by atoms with Crippen LogP contribution in [-0.2, 0) is 0 Å². The smallest absolute Gasteiger partial charge is 0.0216 e. The van der Waals surface area contributed by atoms with Gasteiger partial charge >= 0.3 is 0 Å². The Balaban J connectivity index is 0. The van der Waals surface area contributed by atoms with E-state index in [2.05, 4.69) is 45.9 Å². The van der Waals surface area contributed by atoms with E-state index in [1.54, 1.807) is 0 Å². The van der Waals surface area contributed by atoms with Gasteiger partial charge in [-0.25, -0.2) is 0 Å². The molecule has 15 heavy (non-hydrogen) atoms. The summed E-state index contributed by atoms with van der Waals surface area (Å²) < 4.78 is 0. The summed E-state index contributed by atoms with van der Waals surface area (Å²) in [5.74, 6) is 0.648. The molecule has 0 aliphatic rings. The maximum Gasteiger partial charge on any atom is -0.0216 e. The van der Waals surface area contributed by atoms with Crippen molar-refractivity contribution in [3.05, 3.63) is 34.9 Å². The molecule has 1 aromatic rings. The topological polar surface area (TPSA) is 0 Å². The van der Waals surface area contributed by atoms with Gasteiger partial charge in [-0.1, -0.05) is 65.3 Å². The van der Waals surface area contributed by atoms with Crippen molar-refractivity contribution in [2.24, 2.45) is 0 Å². The third kappa shape index (κ3) is 6.33. The highest BCUT2D eigenvalue weighted by atomic mass is 14.1. The van der Waals surface area contributed by atoms with Crippen molar-refractivity contribution in [2.75, 3.05) is 0 Å². The number of aryl methyl sites for hydroxylation is 2. The van der Waals surface area contributed by atoms with E-state index in [0.717, 1.165) is 0 Å². The Hall–Kier alpha value is -0.780. The summed E-state index contributed by atoms with van der Waals surface area (Å²) in [6, 6.07) is 6.64. The molecule has 0 aromatic heterocycles. The van der Waals surface area contributed by atoms with E-state index in [0.29, 0.717) is 5.92 Å². The van der Waals surface area contributed by atoms with Crippen molar-refractivity contribution < 1.29 is 0 Å². The Morgan fingerprint density at radius 3 is 1.67 bits per heavy atom. The fourth-order valence-corrected chi connectivity index (χ4v) is 1.38. The summed E-state index contributed by atoms with van der Waals surface area (Å²) in [4.78, 5) is 0. The molecule has 0 fully saturated rings. The number of hydrogen-bond donors (Lipinski definition) is 0. The molecule has 0 N–H and O–H groups in total. The molecule has 0 nitrogen and oxygen atoms in total. The summed E-state index contributed by atoms with van der Waals surface area (Å²) in [6.07, 6.45) is 0. The van der Waals surface area contributed by atoms with Crippen LogP contribution in [0.4, 0.5) is 0 Å². The molecule has 0 heterocycles. The SMILES string of the molecule is CC.CC.Cc1ccc(C)c(C(C)C)c1. The summed E-state index contributed by atoms with van der Waals surface area (Å²) in [7, 11) is 0. The van der Waals surface area contributed by atoms with Gasteiger partial charge in [0, 0.05) is 0 Å². The van der Waals surface area contributed by atoms with Gasteiger partial charge in [-0.2, -0.15) is 0 Å². The third-order valence-corrected chi connectivity index (χ3v) is 2.06. The summed E-state index contributed by atoms with van der Waals surface area (Å²) in [5, 5.41) is 0. The van der Waals surface area contributed by atoms with E-state index in [4.69, 9.17) is 0 Å². The number of hydrogen-bond acceptors (Lipinski definition) is 0. The zero-order chi connectivity index (χ0) is 12.4. The van der Waals surface area contributed by atoms with Crippen LogP contribution in [0.3, 0.4) is 0 Å². The first kappa shape index (κ1) is 16.6. The highest BCUT2D eigenvalue weighted by Crippen LogP contribution is 2.19. The Morgan fingerprint density at radius 1 is 0.867 bits per heavy atom. The second kappa shape index (κ2) is 9.76. The molecule has 0 radical (unpaired) electrons. The van der Waals surface area contributed by atoms with Gasteiger partial charge in [0.1, 0.15) is 0 Å². The van der Waals surface area contributed by atoms with Gasteiger partial charge in [0.15, 0.2) is 0 Å². The first-order chi connectivity index (χ1) is 7.11. The Bertz CT molecular complexity index is 246. The Kier molecular flexibility index (Phi) is 10.8. The second-order valence-electron chi connectivity index (χ2n) is 3.51. The Morgan fingerprint density at radius 2 is 1.33 bits per heavy atom. The van der Waals surface area contributed by atoms with Crippen LogP contribution < -0.4 is 0 Å². The van der Waals surface area contributed by atoms with E-state index < -0.39 is 0 Å². The van der Waals surface area contributed by atoms with Crippen LogP contribution in [0.2, 0.25) is 0 Å². The first-order valence-corrected chi connectivity index (χ1v) is 6.18. The van der Waals surface area contributed by atoms with Gasteiger partial charge in [0.05, 0.1) is 0 Å². The number of benzene rings is 1. The lowest BCUT2D eigenvalue weighted by atomic mass is 9.96. The molecule has 1 rings (SSSR count). The van der Waals surface area contributed by atoms with Crippen molar-refractivity contribution in [3.63, 3.8) is 0 Å². The van der Waals surface area contributed by atoms with Gasteiger partial charge in [-0.3, -0.25) is 0 Å². The third-order valence-electron chi connectivity index (χ3n) is 2.06. The highest BCUT2D eigenvalue weighted by molar-refractivity contribution is 5.32. The van der Waals surface area contributed by atoms with E-state index >= 15 is 0 Å². The highest BCUT2D eigenvalue weighted by Gasteiger charge is 2.01. The Labute approximate surface area is 96.7 Å². The molecule has 0 unspecified atom stereocenters. The van der Waals surface area contributed by atoms with Crippen molar-refractivity contribution in [1.82, 2.24) is 0 Å². The van der Waals surface area contributed by atoms with Crippen LogP contribution >= 0.6 is 0 Å². The molecule has 88 valence electrons. The molecule has 0 saturated heterocycles. The van der Waals surface area contributed by atoms with E-state index in [1.807, 2.05) is 27.7 Å². The van der Waals surface area contributed by atoms with Crippen molar-refractivity contribution >= 4 is 0 Å². The molecule has 0 atom stereocenters. The van der Waals surface area contributed by atoms with E-state index in [-0.39, 0.29) is 0 Å². The second-order valence-corrected chi connectivity index (χ2v) is 3.51. The average Bonchev–Trinajstić information content (AvgIpc) is 2.27.